The van der Waals surface area contributed by atoms with E-state index in [1.807, 2.05) is 0 Å². The molecule has 0 spiro atoms. The summed E-state index contributed by atoms with van der Waals surface area (Å²) in [5.41, 5.74) is 0.844. The first kappa shape index (κ1) is 10.5. The Morgan fingerprint density at radius 1 is 1.22 bits per heavy atom. The summed E-state index contributed by atoms with van der Waals surface area (Å²) in [6.45, 7) is 0. The van der Waals surface area contributed by atoms with Crippen molar-refractivity contribution in [3.8, 4) is 0 Å². The summed E-state index contributed by atoms with van der Waals surface area (Å²) in [4.78, 5) is 31.8. The first-order chi connectivity index (χ1) is 8.66. The largest absolute Gasteiger partial charge is 0.324 e. The average Bonchev–Trinajstić information content (AvgIpc) is 2.47. The Morgan fingerprint density at radius 3 is 2.89 bits per heavy atom. The van der Waals surface area contributed by atoms with Gasteiger partial charge in [0.25, 0.3) is 5.91 Å². The minimum Gasteiger partial charge on any atom is -0.324 e. The molecular weight excluding hydrogens is 232 g/mol. The Balaban J connectivity index is 2.27. The molecule has 1 aliphatic heterocycles. The van der Waals surface area contributed by atoms with Crippen LogP contribution in [0.5, 0.6) is 0 Å². The number of amides is 1. The van der Waals surface area contributed by atoms with Crippen LogP contribution in [0.3, 0.4) is 0 Å². The molecule has 0 saturated heterocycles. The molecule has 0 saturated carbocycles. The van der Waals surface area contributed by atoms with Crippen LogP contribution in [0.1, 0.15) is 10.4 Å². The maximum atomic E-state index is 12.2. The third-order valence-electron chi connectivity index (χ3n) is 2.84. The summed E-state index contributed by atoms with van der Waals surface area (Å²) in [7, 11) is 1.66. The Morgan fingerprint density at radius 2 is 2.06 bits per heavy atom. The second-order valence-electron chi connectivity index (χ2n) is 3.97. The van der Waals surface area contributed by atoms with Crippen molar-refractivity contribution in [2.24, 2.45) is 0 Å². The van der Waals surface area contributed by atoms with Gasteiger partial charge >= 0.3 is 0 Å². The fourth-order valence-electron chi connectivity index (χ4n) is 1.93. The number of aromatic amines is 1. The quantitative estimate of drug-likeness (QED) is 0.725. The van der Waals surface area contributed by atoms with Crippen molar-refractivity contribution >= 4 is 23.2 Å². The number of pyridine rings is 2. The summed E-state index contributed by atoms with van der Waals surface area (Å²) >= 11 is 0. The fourth-order valence-corrected chi connectivity index (χ4v) is 1.93. The molecule has 90 valence electrons. The standard InChI is InChI=1S/C12H10N4O2/c1-16-8-4-5-9(17)14-11(8)15-10-7(12(16)18)3-2-6-13-10/h2-6H,1H3,(H2,13,14,15,17). The van der Waals surface area contributed by atoms with Gasteiger partial charge in [0.15, 0.2) is 0 Å². The number of H-pyrrole nitrogens is 1. The molecule has 0 fully saturated rings. The smallest absolute Gasteiger partial charge is 0.261 e. The molecule has 0 bridgehead atoms. The average molecular weight is 242 g/mol. The maximum absolute atomic E-state index is 12.2. The fraction of sp³-hybridized carbons (Fsp3) is 0.0833. The van der Waals surface area contributed by atoms with Crippen LogP contribution in [0.25, 0.3) is 0 Å². The van der Waals surface area contributed by atoms with Gasteiger partial charge in [0.1, 0.15) is 11.6 Å². The highest BCUT2D eigenvalue weighted by atomic mass is 16.2. The van der Waals surface area contributed by atoms with Crippen LogP contribution in [0.2, 0.25) is 0 Å². The molecule has 0 unspecified atom stereocenters. The molecule has 0 aliphatic carbocycles. The lowest BCUT2D eigenvalue weighted by atomic mass is 10.2. The zero-order valence-electron chi connectivity index (χ0n) is 9.60. The van der Waals surface area contributed by atoms with Crippen molar-refractivity contribution in [2.45, 2.75) is 0 Å². The molecule has 2 aromatic heterocycles. The van der Waals surface area contributed by atoms with E-state index in [2.05, 4.69) is 15.3 Å². The first-order valence-electron chi connectivity index (χ1n) is 5.40. The van der Waals surface area contributed by atoms with Gasteiger partial charge in [0, 0.05) is 19.3 Å². The molecule has 6 nitrogen and oxygen atoms in total. The summed E-state index contributed by atoms with van der Waals surface area (Å²) in [5, 5.41) is 2.98. The van der Waals surface area contributed by atoms with Gasteiger partial charge in [-0.2, -0.15) is 0 Å². The van der Waals surface area contributed by atoms with Gasteiger partial charge in [-0.25, -0.2) is 4.98 Å². The predicted molar refractivity (Wildman–Crippen MR) is 67.3 cm³/mol. The second-order valence-corrected chi connectivity index (χ2v) is 3.97. The molecule has 0 atom stereocenters. The molecule has 2 N–H and O–H groups in total. The van der Waals surface area contributed by atoms with Crippen molar-refractivity contribution in [1.82, 2.24) is 9.97 Å². The van der Waals surface area contributed by atoms with E-state index < -0.39 is 0 Å². The normalized spacial score (nSPS) is 13.4. The van der Waals surface area contributed by atoms with E-state index in [0.717, 1.165) is 0 Å². The first-order valence-corrected chi connectivity index (χ1v) is 5.40. The van der Waals surface area contributed by atoms with E-state index >= 15 is 0 Å². The van der Waals surface area contributed by atoms with Gasteiger partial charge in [0.05, 0.1) is 11.3 Å². The van der Waals surface area contributed by atoms with Crippen LogP contribution in [-0.4, -0.2) is 22.9 Å². The number of fused-ring (bicyclic) bond motifs is 2. The lowest BCUT2D eigenvalue weighted by Gasteiger charge is -2.16. The lowest BCUT2D eigenvalue weighted by molar-refractivity contribution is 0.0994. The molecule has 3 heterocycles. The van der Waals surface area contributed by atoms with Crippen molar-refractivity contribution in [1.29, 1.82) is 0 Å². The van der Waals surface area contributed by atoms with Gasteiger partial charge < -0.3 is 15.2 Å². The van der Waals surface area contributed by atoms with Crippen molar-refractivity contribution in [3.05, 3.63) is 46.4 Å². The highest BCUT2D eigenvalue weighted by Crippen LogP contribution is 2.30. The summed E-state index contributed by atoms with van der Waals surface area (Å²) in [6, 6.07) is 6.38. The Kier molecular flexibility index (Phi) is 2.16. The third kappa shape index (κ3) is 1.46. The van der Waals surface area contributed by atoms with E-state index in [9.17, 15) is 9.59 Å². The molecule has 6 heteroatoms. The summed E-state index contributed by atoms with van der Waals surface area (Å²) in [5.74, 6) is 0.738. The Hall–Kier alpha value is -2.63. The third-order valence-corrected chi connectivity index (χ3v) is 2.84. The van der Waals surface area contributed by atoms with Crippen LogP contribution in [0.15, 0.2) is 35.3 Å². The van der Waals surface area contributed by atoms with Gasteiger partial charge in [-0.3, -0.25) is 9.59 Å². The number of carbonyl (C=O) groups excluding carboxylic acids is 1. The van der Waals surface area contributed by atoms with Crippen LogP contribution in [0.4, 0.5) is 17.3 Å². The number of aromatic nitrogens is 2. The molecule has 1 amide bonds. The number of nitrogens with zero attached hydrogens (tertiary/aromatic N) is 2. The maximum Gasteiger partial charge on any atom is 0.261 e. The Bertz CT molecular complexity index is 692. The summed E-state index contributed by atoms with van der Waals surface area (Å²) < 4.78 is 0. The highest BCUT2D eigenvalue weighted by molar-refractivity contribution is 6.12. The zero-order valence-corrected chi connectivity index (χ0v) is 9.60. The van der Waals surface area contributed by atoms with Gasteiger partial charge in [-0.1, -0.05) is 0 Å². The SMILES string of the molecule is CN1C(=O)c2cccnc2Nc2[nH]c(=O)ccc21. The van der Waals surface area contributed by atoms with E-state index in [4.69, 9.17) is 0 Å². The molecule has 18 heavy (non-hydrogen) atoms. The minimum absolute atomic E-state index is 0.170. The minimum atomic E-state index is -0.235. The van der Waals surface area contributed by atoms with E-state index in [1.165, 1.54) is 11.0 Å². The van der Waals surface area contributed by atoms with Gasteiger partial charge in [-0.05, 0) is 18.2 Å². The van der Waals surface area contributed by atoms with Crippen LogP contribution in [-0.2, 0) is 0 Å². The number of hydrogen-bond acceptors (Lipinski definition) is 4. The van der Waals surface area contributed by atoms with Gasteiger partial charge in [0.2, 0.25) is 5.56 Å². The van der Waals surface area contributed by atoms with Crippen molar-refractivity contribution < 1.29 is 4.79 Å². The summed E-state index contributed by atoms with van der Waals surface area (Å²) in [6.07, 6.45) is 1.59. The predicted octanol–water partition coefficient (Wildman–Crippen LogP) is 1.10. The highest BCUT2D eigenvalue weighted by Gasteiger charge is 2.24. The second kappa shape index (κ2) is 3.69. The molecule has 2 aromatic rings. The van der Waals surface area contributed by atoms with Crippen LogP contribution < -0.4 is 15.8 Å². The monoisotopic (exact) mass is 242 g/mol. The lowest BCUT2D eigenvalue weighted by Crippen LogP contribution is -2.26. The topological polar surface area (TPSA) is 78.1 Å². The number of anilines is 3. The number of carbonyl (C=O) groups is 1. The van der Waals surface area contributed by atoms with Crippen LogP contribution >= 0.6 is 0 Å². The Labute approximate surface area is 102 Å². The van der Waals surface area contributed by atoms with E-state index in [-0.39, 0.29) is 11.5 Å². The molecular formula is C12H10N4O2. The molecule has 0 aromatic carbocycles. The van der Waals surface area contributed by atoms with E-state index in [1.54, 1.807) is 31.4 Å². The molecule has 0 radical (unpaired) electrons. The zero-order chi connectivity index (χ0) is 12.7. The van der Waals surface area contributed by atoms with Crippen LogP contribution in [0, 0.1) is 0 Å². The number of nitrogens with one attached hydrogen (secondary N) is 2. The molecule has 1 aliphatic rings. The van der Waals surface area contributed by atoms with Gasteiger partial charge in [-0.15, -0.1) is 0 Å². The number of hydrogen-bond donors (Lipinski definition) is 2. The number of rotatable bonds is 0. The van der Waals surface area contributed by atoms with Crippen molar-refractivity contribution in [2.75, 3.05) is 17.3 Å². The molecule has 3 rings (SSSR count). The van der Waals surface area contributed by atoms with Crippen molar-refractivity contribution in [3.63, 3.8) is 0 Å². The van der Waals surface area contributed by atoms with E-state index in [0.29, 0.717) is 22.9 Å².